The van der Waals surface area contributed by atoms with E-state index in [2.05, 4.69) is 86.2 Å². The molecule has 0 saturated carbocycles. The second kappa shape index (κ2) is 8.78. The quantitative estimate of drug-likeness (QED) is 0.350. The van der Waals surface area contributed by atoms with E-state index in [0.717, 1.165) is 34.0 Å². The van der Waals surface area contributed by atoms with Crippen molar-refractivity contribution in [3.63, 3.8) is 0 Å². The fourth-order valence-electron chi connectivity index (χ4n) is 4.30. The van der Waals surface area contributed by atoms with Gasteiger partial charge in [-0.15, -0.1) is 5.10 Å². The van der Waals surface area contributed by atoms with E-state index in [1.54, 1.807) is 0 Å². The monoisotopic (exact) mass is 463 g/mol. The third-order valence-corrected chi connectivity index (χ3v) is 6.44. The van der Waals surface area contributed by atoms with E-state index in [0.29, 0.717) is 12.5 Å². The summed E-state index contributed by atoms with van der Waals surface area (Å²) in [4.78, 5) is 2.55. The molecule has 0 atom stereocenters. The summed E-state index contributed by atoms with van der Waals surface area (Å²) < 4.78 is 9.36. The molecule has 3 aromatic carbocycles. The van der Waals surface area contributed by atoms with Crippen molar-refractivity contribution in [2.75, 3.05) is 19.6 Å². The van der Waals surface area contributed by atoms with Crippen LogP contribution in [0.3, 0.4) is 0 Å². The highest BCUT2D eigenvalue weighted by Gasteiger charge is 2.15. The van der Waals surface area contributed by atoms with Crippen LogP contribution in [0, 0.1) is 0 Å². The van der Waals surface area contributed by atoms with E-state index in [-0.39, 0.29) is 0 Å². The maximum atomic E-state index is 6.22. The SMILES string of the molecule is Brc1ccc2c(c1)c(OCc1ccc3ccccc3c1)nn2CCN1CCCCC1. The molecule has 0 bridgehead atoms. The number of fused-ring (bicyclic) bond motifs is 2. The number of likely N-dealkylation sites (tertiary alicyclic amines) is 1. The number of aromatic nitrogens is 2. The normalized spacial score (nSPS) is 15.1. The van der Waals surface area contributed by atoms with Gasteiger partial charge in [-0.25, -0.2) is 0 Å². The van der Waals surface area contributed by atoms with Crippen LogP contribution in [0.2, 0.25) is 0 Å². The Hall–Kier alpha value is -2.37. The van der Waals surface area contributed by atoms with E-state index in [9.17, 15) is 0 Å². The van der Waals surface area contributed by atoms with Crippen LogP contribution in [-0.2, 0) is 13.2 Å². The predicted octanol–water partition coefficient (Wildman–Crippen LogP) is 6.02. The standard InChI is InChI=1S/C25H26BrN3O/c26-22-10-11-24-23(17-22)25(27-29(24)15-14-28-12-4-1-5-13-28)30-18-19-8-9-20-6-2-3-7-21(20)16-19/h2-3,6-11,16-17H,1,4-5,12-15,18H2. The molecule has 5 rings (SSSR count). The molecule has 0 N–H and O–H groups in total. The zero-order valence-corrected chi connectivity index (χ0v) is 18.6. The molecule has 1 aromatic heterocycles. The van der Waals surface area contributed by atoms with Crippen LogP contribution in [0.15, 0.2) is 65.1 Å². The molecule has 4 aromatic rings. The summed E-state index contributed by atoms with van der Waals surface area (Å²) in [6.07, 6.45) is 3.99. The Bertz CT molecular complexity index is 1160. The third kappa shape index (κ3) is 4.23. The maximum absolute atomic E-state index is 6.22. The van der Waals surface area contributed by atoms with Crippen LogP contribution in [0.1, 0.15) is 24.8 Å². The van der Waals surface area contributed by atoms with Crippen molar-refractivity contribution in [3.8, 4) is 5.88 Å². The summed E-state index contributed by atoms with van der Waals surface area (Å²) in [6.45, 7) is 4.84. The van der Waals surface area contributed by atoms with Gasteiger partial charge in [0, 0.05) is 11.0 Å². The molecule has 0 aliphatic carbocycles. The fraction of sp³-hybridized carbons (Fsp3) is 0.320. The molecule has 30 heavy (non-hydrogen) atoms. The number of hydrogen-bond acceptors (Lipinski definition) is 3. The Balaban J connectivity index is 1.36. The van der Waals surface area contributed by atoms with Gasteiger partial charge >= 0.3 is 0 Å². The molecule has 1 aliphatic heterocycles. The van der Waals surface area contributed by atoms with E-state index in [1.165, 1.54) is 43.1 Å². The summed E-state index contributed by atoms with van der Waals surface area (Å²) in [5, 5.41) is 8.38. The fourth-order valence-corrected chi connectivity index (χ4v) is 4.66. The van der Waals surface area contributed by atoms with Crippen LogP contribution >= 0.6 is 15.9 Å². The van der Waals surface area contributed by atoms with E-state index in [4.69, 9.17) is 9.84 Å². The Kier molecular flexibility index (Phi) is 5.73. The third-order valence-electron chi connectivity index (χ3n) is 5.94. The van der Waals surface area contributed by atoms with Crippen molar-refractivity contribution >= 4 is 37.6 Å². The smallest absolute Gasteiger partial charge is 0.241 e. The first-order valence-electron chi connectivity index (χ1n) is 10.8. The van der Waals surface area contributed by atoms with Gasteiger partial charge in [0.25, 0.3) is 0 Å². The van der Waals surface area contributed by atoms with Gasteiger partial charge in [-0.05, 0) is 66.5 Å². The number of nitrogens with zero attached hydrogens (tertiary/aromatic N) is 3. The van der Waals surface area contributed by atoms with Gasteiger partial charge in [-0.3, -0.25) is 4.68 Å². The summed E-state index contributed by atoms with van der Waals surface area (Å²) in [7, 11) is 0. The molecule has 4 nitrogen and oxygen atoms in total. The molecular weight excluding hydrogens is 438 g/mol. The zero-order valence-electron chi connectivity index (χ0n) is 17.1. The Morgan fingerprint density at radius 1 is 0.867 bits per heavy atom. The number of ether oxygens (including phenoxy) is 1. The van der Waals surface area contributed by atoms with Crippen LogP contribution in [-0.4, -0.2) is 34.3 Å². The minimum absolute atomic E-state index is 0.510. The van der Waals surface area contributed by atoms with Crippen molar-refractivity contribution < 1.29 is 4.74 Å². The average molecular weight is 464 g/mol. The molecule has 1 saturated heterocycles. The lowest BCUT2D eigenvalue weighted by molar-refractivity contribution is 0.217. The summed E-state index contributed by atoms with van der Waals surface area (Å²) in [5.74, 6) is 0.707. The van der Waals surface area contributed by atoms with Gasteiger partial charge in [0.05, 0.1) is 17.4 Å². The second-order valence-corrected chi connectivity index (χ2v) is 8.98. The molecule has 2 heterocycles. The second-order valence-electron chi connectivity index (χ2n) is 8.06. The van der Waals surface area contributed by atoms with Crippen LogP contribution in [0.5, 0.6) is 5.88 Å². The lowest BCUT2D eigenvalue weighted by Crippen LogP contribution is -2.32. The topological polar surface area (TPSA) is 30.3 Å². The van der Waals surface area contributed by atoms with Crippen molar-refractivity contribution in [1.29, 1.82) is 0 Å². The summed E-state index contributed by atoms with van der Waals surface area (Å²) in [6, 6.07) is 21.2. The maximum Gasteiger partial charge on any atom is 0.241 e. The van der Waals surface area contributed by atoms with E-state index < -0.39 is 0 Å². The van der Waals surface area contributed by atoms with Gasteiger partial charge in [-0.1, -0.05) is 58.7 Å². The molecule has 1 aliphatic rings. The van der Waals surface area contributed by atoms with Crippen LogP contribution in [0.4, 0.5) is 0 Å². The first kappa shape index (κ1) is 19.6. The number of halogens is 1. The van der Waals surface area contributed by atoms with Crippen molar-refractivity contribution in [3.05, 3.63) is 70.7 Å². The first-order valence-corrected chi connectivity index (χ1v) is 11.5. The zero-order chi connectivity index (χ0) is 20.3. The summed E-state index contributed by atoms with van der Waals surface area (Å²) in [5.41, 5.74) is 2.28. The number of piperidine rings is 1. The minimum atomic E-state index is 0.510. The highest BCUT2D eigenvalue weighted by molar-refractivity contribution is 9.10. The van der Waals surface area contributed by atoms with Gasteiger partial charge in [0.2, 0.25) is 5.88 Å². The molecule has 5 heteroatoms. The van der Waals surface area contributed by atoms with Gasteiger partial charge in [0.15, 0.2) is 0 Å². The number of rotatable bonds is 6. The molecule has 0 amide bonds. The van der Waals surface area contributed by atoms with Crippen molar-refractivity contribution in [2.24, 2.45) is 0 Å². The van der Waals surface area contributed by atoms with Gasteiger partial charge < -0.3 is 9.64 Å². The van der Waals surface area contributed by atoms with Crippen molar-refractivity contribution in [1.82, 2.24) is 14.7 Å². The lowest BCUT2D eigenvalue weighted by Gasteiger charge is -2.26. The molecule has 0 spiro atoms. The number of hydrogen-bond donors (Lipinski definition) is 0. The van der Waals surface area contributed by atoms with Gasteiger partial charge in [0.1, 0.15) is 6.61 Å². The Morgan fingerprint density at radius 2 is 1.70 bits per heavy atom. The van der Waals surface area contributed by atoms with Crippen molar-refractivity contribution in [2.45, 2.75) is 32.4 Å². The van der Waals surface area contributed by atoms with Crippen LogP contribution in [0.25, 0.3) is 21.7 Å². The summed E-state index contributed by atoms with van der Waals surface area (Å²) >= 11 is 3.60. The first-order chi connectivity index (χ1) is 14.8. The van der Waals surface area contributed by atoms with Crippen LogP contribution < -0.4 is 4.74 Å². The van der Waals surface area contributed by atoms with Gasteiger partial charge in [-0.2, -0.15) is 0 Å². The largest absolute Gasteiger partial charge is 0.471 e. The molecular formula is C25H26BrN3O. The van der Waals surface area contributed by atoms with E-state index >= 15 is 0 Å². The Labute approximate surface area is 185 Å². The highest BCUT2D eigenvalue weighted by atomic mass is 79.9. The van der Waals surface area contributed by atoms with E-state index in [1.807, 2.05) is 0 Å². The molecule has 0 radical (unpaired) electrons. The minimum Gasteiger partial charge on any atom is -0.471 e. The molecule has 0 unspecified atom stereocenters. The predicted molar refractivity (Wildman–Crippen MR) is 126 cm³/mol. The Morgan fingerprint density at radius 3 is 2.57 bits per heavy atom. The lowest BCUT2D eigenvalue weighted by atomic mass is 10.1. The molecule has 154 valence electrons. The number of benzene rings is 3. The average Bonchev–Trinajstić information content (AvgIpc) is 3.13. The molecule has 1 fully saturated rings. The highest BCUT2D eigenvalue weighted by Crippen LogP contribution is 2.29.